The van der Waals surface area contributed by atoms with E-state index in [9.17, 15) is 5.11 Å². The molecular weight excluding hydrogens is 200 g/mol. The van der Waals surface area contributed by atoms with E-state index in [0.29, 0.717) is 12.5 Å². The highest BCUT2D eigenvalue weighted by molar-refractivity contribution is 5.11. The molecule has 0 saturated carbocycles. The lowest BCUT2D eigenvalue weighted by atomic mass is 9.90. The van der Waals surface area contributed by atoms with Crippen LogP contribution in [0.2, 0.25) is 0 Å². The number of nitrogens with two attached hydrogens (primary N) is 1. The summed E-state index contributed by atoms with van der Waals surface area (Å²) in [5, 5.41) is 10.1. The van der Waals surface area contributed by atoms with Crippen LogP contribution in [0.25, 0.3) is 0 Å². The number of hydrogen-bond donors (Lipinski definition) is 2. The number of aromatic nitrogens is 1. The summed E-state index contributed by atoms with van der Waals surface area (Å²) < 4.78 is 0. The molecule has 0 aliphatic heterocycles. The van der Waals surface area contributed by atoms with E-state index in [2.05, 4.69) is 18.8 Å². The molecule has 1 rings (SSSR count). The van der Waals surface area contributed by atoms with Crippen LogP contribution in [0.1, 0.15) is 38.3 Å². The van der Waals surface area contributed by atoms with E-state index >= 15 is 0 Å². The zero-order valence-corrected chi connectivity index (χ0v) is 10.1. The molecule has 0 saturated heterocycles. The fourth-order valence-electron chi connectivity index (χ4n) is 1.81. The maximum absolute atomic E-state index is 10.1. The highest BCUT2D eigenvalue weighted by Gasteiger charge is 2.22. The quantitative estimate of drug-likeness (QED) is 0.773. The molecule has 1 aromatic rings. The third kappa shape index (κ3) is 3.58. The minimum absolute atomic E-state index is 0.0461. The number of rotatable bonds is 6. The Hall–Kier alpha value is -0.930. The lowest BCUT2D eigenvalue weighted by Crippen LogP contribution is -2.28. The van der Waals surface area contributed by atoms with E-state index in [1.165, 1.54) is 0 Å². The van der Waals surface area contributed by atoms with Crippen LogP contribution in [-0.4, -0.2) is 22.7 Å². The first kappa shape index (κ1) is 13.1. The molecule has 3 heteroatoms. The predicted octanol–water partition coefficient (Wildman–Crippen LogP) is 1.92. The van der Waals surface area contributed by atoms with Crippen molar-refractivity contribution in [3.05, 3.63) is 30.1 Å². The Bertz CT molecular complexity index is 289. The van der Waals surface area contributed by atoms with Crippen molar-refractivity contribution in [1.82, 2.24) is 4.98 Å². The van der Waals surface area contributed by atoms with Gasteiger partial charge >= 0.3 is 0 Å². The minimum atomic E-state index is -0.394. The SMILES string of the molecule is CCC(C)CC(O)C(CN)c1ccccn1. The smallest absolute Gasteiger partial charge is 0.0638 e. The van der Waals surface area contributed by atoms with Crippen molar-refractivity contribution in [3.8, 4) is 0 Å². The van der Waals surface area contributed by atoms with Gasteiger partial charge in [0, 0.05) is 24.4 Å². The summed E-state index contributed by atoms with van der Waals surface area (Å²) in [4.78, 5) is 4.26. The van der Waals surface area contributed by atoms with Crippen LogP contribution in [-0.2, 0) is 0 Å². The van der Waals surface area contributed by atoms with Gasteiger partial charge in [-0.1, -0.05) is 26.3 Å². The van der Waals surface area contributed by atoms with Gasteiger partial charge in [0.1, 0.15) is 0 Å². The molecule has 0 aromatic carbocycles. The summed E-state index contributed by atoms with van der Waals surface area (Å²) in [7, 11) is 0. The molecule has 0 aliphatic rings. The van der Waals surface area contributed by atoms with Crippen LogP contribution in [0.15, 0.2) is 24.4 Å². The Morgan fingerprint density at radius 2 is 2.19 bits per heavy atom. The Labute approximate surface area is 97.7 Å². The Morgan fingerprint density at radius 1 is 1.44 bits per heavy atom. The summed E-state index contributed by atoms with van der Waals surface area (Å²) in [6.45, 7) is 4.72. The first-order valence-electron chi connectivity index (χ1n) is 5.98. The zero-order valence-electron chi connectivity index (χ0n) is 10.1. The third-order valence-corrected chi connectivity index (χ3v) is 3.13. The molecular formula is C13H22N2O. The van der Waals surface area contributed by atoms with Gasteiger partial charge in [0.2, 0.25) is 0 Å². The summed E-state index contributed by atoms with van der Waals surface area (Å²) in [5.74, 6) is 0.475. The Balaban J connectivity index is 2.67. The van der Waals surface area contributed by atoms with Crippen molar-refractivity contribution in [2.45, 2.75) is 38.7 Å². The van der Waals surface area contributed by atoms with Gasteiger partial charge in [-0.3, -0.25) is 4.98 Å². The maximum Gasteiger partial charge on any atom is 0.0638 e. The first-order chi connectivity index (χ1) is 7.69. The molecule has 3 nitrogen and oxygen atoms in total. The number of pyridine rings is 1. The van der Waals surface area contributed by atoms with Crippen molar-refractivity contribution in [1.29, 1.82) is 0 Å². The second-order valence-corrected chi connectivity index (χ2v) is 4.41. The molecule has 1 aromatic heterocycles. The Morgan fingerprint density at radius 3 is 2.69 bits per heavy atom. The summed E-state index contributed by atoms with van der Waals surface area (Å²) in [5.41, 5.74) is 6.61. The van der Waals surface area contributed by atoms with Crippen molar-refractivity contribution in [2.24, 2.45) is 11.7 Å². The van der Waals surface area contributed by atoms with Crippen molar-refractivity contribution >= 4 is 0 Å². The van der Waals surface area contributed by atoms with Crippen molar-refractivity contribution in [2.75, 3.05) is 6.54 Å². The number of nitrogens with zero attached hydrogens (tertiary/aromatic N) is 1. The molecule has 0 spiro atoms. The molecule has 3 N–H and O–H groups in total. The second kappa shape index (κ2) is 6.61. The van der Waals surface area contributed by atoms with Crippen LogP contribution in [0.3, 0.4) is 0 Å². The number of aliphatic hydroxyl groups excluding tert-OH is 1. The van der Waals surface area contributed by atoms with Gasteiger partial charge in [0.05, 0.1) is 6.10 Å². The zero-order chi connectivity index (χ0) is 12.0. The van der Waals surface area contributed by atoms with E-state index in [1.807, 2.05) is 18.2 Å². The highest BCUT2D eigenvalue weighted by Crippen LogP contribution is 2.22. The summed E-state index contributed by atoms with van der Waals surface area (Å²) in [6.07, 6.45) is 3.22. The molecule has 3 unspecified atom stereocenters. The maximum atomic E-state index is 10.1. The number of hydrogen-bond acceptors (Lipinski definition) is 3. The Kier molecular flexibility index (Phi) is 5.43. The first-order valence-corrected chi connectivity index (χ1v) is 5.98. The average Bonchev–Trinajstić information content (AvgIpc) is 2.31. The van der Waals surface area contributed by atoms with Gasteiger partial charge in [-0.2, -0.15) is 0 Å². The molecule has 0 radical (unpaired) electrons. The van der Waals surface area contributed by atoms with Gasteiger partial charge in [-0.15, -0.1) is 0 Å². The predicted molar refractivity (Wildman–Crippen MR) is 66.1 cm³/mol. The van der Waals surface area contributed by atoms with Gasteiger partial charge in [0.15, 0.2) is 0 Å². The third-order valence-electron chi connectivity index (χ3n) is 3.13. The molecule has 0 amide bonds. The fourth-order valence-corrected chi connectivity index (χ4v) is 1.81. The van der Waals surface area contributed by atoms with Crippen molar-refractivity contribution < 1.29 is 5.11 Å². The van der Waals surface area contributed by atoms with Gasteiger partial charge in [-0.05, 0) is 24.5 Å². The minimum Gasteiger partial charge on any atom is -0.392 e. The summed E-state index contributed by atoms with van der Waals surface area (Å²) in [6, 6.07) is 5.73. The lowest BCUT2D eigenvalue weighted by Gasteiger charge is -2.23. The highest BCUT2D eigenvalue weighted by atomic mass is 16.3. The van der Waals surface area contributed by atoms with E-state index in [0.717, 1.165) is 18.5 Å². The molecule has 90 valence electrons. The van der Waals surface area contributed by atoms with Crippen LogP contribution in [0.4, 0.5) is 0 Å². The molecule has 3 atom stereocenters. The van der Waals surface area contributed by atoms with Crippen LogP contribution in [0.5, 0.6) is 0 Å². The van der Waals surface area contributed by atoms with Gasteiger partial charge < -0.3 is 10.8 Å². The van der Waals surface area contributed by atoms with Crippen LogP contribution >= 0.6 is 0 Å². The van der Waals surface area contributed by atoms with E-state index < -0.39 is 6.10 Å². The van der Waals surface area contributed by atoms with Crippen LogP contribution < -0.4 is 5.73 Å². The lowest BCUT2D eigenvalue weighted by molar-refractivity contribution is 0.116. The average molecular weight is 222 g/mol. The topological polar surface area (TPSA) is 59.1 Å². The van der Waals surface area contributed by atoms with E-state index in [4.69, 9.17) is 5.73 Å². The van der Waals surface area contributed by atoms with E-state index in [1.54, 1.807) is 6.20 Å². The second-order valence-electron chi connectivity index (χ2n) is 4.41. The molecule has 0 bridgehead atoms. The molecule has 16 heavy (non-hydrogen) atoms. The van der Waals surface area contributed by atoms with Gasteiger partial charge in [-0.25, -0.2) is 0 Å². The monoisotopic (exact) mass is 222 g/mol. The normalized spacial score (nSPS) is 16.8. The van der Waals surface area contributed by atoms with E-state index in [-0.39, 0.29) is 5.92 Å². The summed E-state index contributed by atoms with van der Waals surface area (Å²) >= 11 is 0. The molecule has 0 fully saturated rings. The number of aliphatic hydroxyl groups is 1. The molecule has 0 aliphatic carbocycles. The largest absolute Gasteiger partial charge is 0.392 e. The van der Waals surface area contributed by atoms with Crippen molar-refractivity contribution in [3.63, 3.8) is 0 Å². The molecule has 1 heterocycles. The van der Waals surface area contributed by atoms with Crippen LogP contribution in [0, 0.1) is 5.92 Å². The standard InChI is InChI=1S/C13H22N2O/c1-3-10(2)8-13(16)11(9-14)12-6-4-5-7-15-12/h4-7,10-11,13,16H,3,8-9,14H2,1-2H3. The van der Waals surface area contributed by atoms with Gasteiger partial charge in [0.25, 0.3) is 0 Å². The fraction of sp³-hybridized carbons (Fsp3) is 0.615.